The quantitative estimate of drug-likeness (QED) is 0.368. The van der Waals surface area contributed by atoms with Gasteiger partial charge in [0.15, 0.2) is 0 Å². The number of nitrogens with zero attached hydrogens (tertiary/aromatic N) is 1. The van der Waals surface area contributed by atoms with Gasteiger partial charge in [-0.25, -0.2) is 0 Å². The Labute approximate surface area is 227 Å². The topological polar surface area (TPSA) is 67.3 Å². The fourth-order valence-corrected chi connectivity index (χ4v) is 5.77. The zero-order chi connectivity index (χ0) is 27.8. The van der Waals surface area contributed by atoms with Gasteiger partial charge in [-0.2, -0.15) is 9.59 Å². The van der Waals surface area contributed by atoms with E-state index in [2.05, 4.69) is 93.9 Å². The highest BCUT2D eigenvalue weighted by molar-refractivity contribution is 5.68. The van der Waals surface area contributed by atoms with E-state index in [-0.39, 0.29) is 11.6 Å². The van der Waals surface area contributed by atoms with Crippen molar-refractivity contribution in [3.8, 4) is 23.0 Å². The van der Waals surface area contributed by atoms with Gasteiger partial charge in [0.1, 0.15) is 5.60 Å². The van der Waals surface area contributed by atoms with E-state index in [1.807, 2.05) is 12.4 Å². The molecule has 1 heterocycles. The smallest absolute Gasteiger partial charge is 0.373 e. The molecule has 38 heavy (non-hydrogen) atoms. The first kappa shape index (κ1) is 29.1. The molecule has 1 fully saturated rings. The molecule has 0 atom stereocenters. The molecule has 4 rings (SSSR count). The van der Waals surface area contributed by atoms with Crippen LogP contribution in [-0.4, -0.2) is 21.8 Å². The molecule has 0 unspecified atom stereocenters. The summed E-state index contributed by atoms with van der Waals surface area (Å²) in [5, 5.41) is 10.8. The van der Waals surface area contributed by atoms with Gasteiger partial charge in [-0.15, -0.1) is 0 Å². The Kier molecular flexibility index (Phi) is 9.81. The van der Waals surface area contributed by atoms with E-state index in [1.165, 1.54) is 45.4 Å². The van der Waals surface area contributed by atoms with Crippen molar-refractivity contribution in [2.45, 2.75) is 90.6 Å². The zero-order valence-electron chi connectivity index (χ0n) is 23.4. The second-order valence-electron chi connectivity index (χ2n) is 10.5. The third-order valence-electron chi connectivity index (χ3n) is 8.06. The van der Waals surface area contributed by atoms with Crippen molar-refractivity contribution >= 4 is 6.15 Å². The fourth-order valence-electron chi connectivity index (χ4n) is 5.77. The van der Waals surface area contributed by atoms with Crippen molar-refractivity contribution in [3.63, 3.8) is 0 Å². The minimum atomic E-state index is -0.813. The number of benzene rings is 2. The maximum atomic E-state index is 10.8. The SMILES string of the molecule is CCC(CC)(c1ccc(C#CC2(O)CCCCC2)c(C)c1)c1ccc(-c2cncc(C)c2)c(C)c1.O=C=O. The van der Waals surface area contributed by atoms with E-state index in [9.17, 15) is 5.11 Å². The van der Waals surface area contributed by atoms with Crippen LogP contribution in [0.5, 0.6) is 0 Å². The number of rotatable bonds is 5. The van der Waals surface area contributed by atoms with Gasteiger partial charge in [-0.1, -0.05) is 62.4 Å². The van der Waals surface area contributed by atoms with Crippen LogP contribution >= 0.6 is 0 Å². The Morgan fingerprint density at radius 3 is 2.03 bits per heavy atom. The average Bonchev–Trinajstić information content (AvgIpc) is 2.90. The number of aromatic nitrogens is 1. The van der Waals surface area contributed by atoms with Crippen molar-refractivity contribution < 1.29 is 14.7 Å². The van der Waals surface area contributed by atoms with Crippen LogP contribution in [0, 0.1) is 32.6 Å². The highest BCUT2D eigenvalue weighted by atomic mass is 16.3. The zero-order valence-corrected chi connectivity index (χ0v) is 23.4. The van der Waals surface area contributed by atoms with Crippen LogP contribution in [0.1, 0.15) is 92.2 Å². The molecule has 1 aromatic heterocycles. The lowest BCUT2D eigenvalue weighted by Crippen LogP contribution is -2.29. The summed E-state index contributed by atoms with van der Waals surface area (Å²) < 4.78 is 0. The van der Waals surface area contributed by atoms with Crippen LogP contribution < -0.4 is 0 Å². The molecular weight excluding hydrogens is 470 g/mol. The van der Waals surface area contributed by atoms with Gasteiger partial charge >= 0.3 is 6.15 Å². The number of aliphatic hydroxyl groups is 1. The second-order valence-corrected chi connectivity index (χ2v) is 10.5. The summed E-state index contributed by atoms with van der Waals surface area (Å²) in [4.78, 5) is 20.6. The summed E-state index contributed by atoms with van der Waals surface area (Å²) in [7, 11) is 0. The molecule has 0 amide bonds. The maximum absolute atomic E-state index is 10.8. The number of pyridine rings is 1. The lowest BCUT2D eigenvalue weighted by atomic mass is 9.69. The Balaban J connectivity index is 0.00000127. The highest BCUT2D eigenvalue weighted by Crippen LogP contribution is 2.41. The van der Waals surface area contributed by atoms with Crippen LogP contribution in [0.15, 0.2) is 54.9 Å². The second kappa shape index (κ2) is 12.8. The summed E-state index contributed by atoms with van der Waals surface area (Å²) in [5.74, 6) is 6.52. The van der Waals surface area contributed by atoms with Gasteiger partial charge in [0, 0.05) is 28.9 Å². The standard InChI is InChI=1S/C33H39NO.CO2/c1-6-33(7-2,30-13-14-31(26(5)21-30)28-19-24(3)22-34-23-28)29-12-11-27(25(4)20-29)15-18-32(35)16-9-8-10-17-32;2-1-3/h11-14,19-23,35H,6-10,16-17H2,1-5H3;. The average molecular weight is 510 g/mol. The van der Waals surface area contributed by atoms with Crippen molar-refractivity contribution in [2.75, 3.05) is 0 Å². The third-order valence-corrected chi connectivity index (χ3v) is 8.06. The van der Waals surface area contributed by atoms with Gasteiger partial charge in [-0.3, -0.25) is 4.98 Å². The Hall–Kier alpha value is -3.51. The first-order valence-corrected chi connectivity index (χ1v) is 13.6. The van der Waals surface area contributed by atoms with Crippen LogP contribution in [0.3, 0.4) is 0 Å². The van der Waals surface area contributed by atoms with Crippen LogP contribution in [0.25, 0.3) is 11.1 Å². The molecule has 0 spiro atoms. The van der Waals surface area contributed by atoms with Crippen LogP contribution in [-0.2, 0) is 15.0 Å². The molecule has 4 heteroatoms. The van der Waals surface area contributed by atoms with Crippen molar-refractivity contribution in [1.29, 1.82) is 0 Å². The molecule has 1 saturated carbocycles. The van der Waals surface area contributed by atoms with E-state index in [1.54, 1.807) is 0 Å². The minimum Gasteiger partial charge on any atom is -0.378 e. The molecular formula is C34H39NO3. The Morgan fingerprint density at radius 1 is 0.868 bits per heavy atom. The minimum absolute atomic E-state index is 0.0492. The first-order valence-electron chi connectivity index (χ1n) is 13.6. The molecule has 198 valence electrons. The summed E-state index contributed by atoms with van der Waals surface area (Å²) in [6.45, 7) is 11.0. The van der Waals surface area contributed by atoms with E-state index in [4.69, 9.17) is 9.59 Å². The molecule has 0 bridgehead atoms. The largest absolute Gasteiger partial charge is 0.378 e. The van der Waals surface area contributed by atoms with Crippen molar-refractivity contribution in [2.24, 2.45) is 0 Å². The van der Waals surface area contributed by atoms with E-state index >= 15 is 0 Å². The number of carbonyl (C=O) groups excluding carboxylic acids is 2. The summed E-state index contributed by atoms with van der Waals surface area (Å²) in [6, 6.07) is 15.9. The summed E-state index contributed by atoms with van der Waals surface area (Å²) in [6.07, 6.45) is 11.1. The lowest BCUT2D eigenvalue weighted by molar-refractivity contribution is -0.191. The molecule has 1 aliphatic carbocycles. The summed E-state index contributed by atoms with van der Waals surface area (Å²) >= 11 is 0. The highest BCUT2D eigenvalue weighted by Gasteiger charge is 2.31. The maximum Gasteiger partial charge on any atom is 0.373 e. The van der Waals surface area contributed by atoms with E-state index in [0.29, 0.717) is 0 Å². The van der Waals surface area contributed by atoms with E-state index < -0.39 is 5.60 Å². The van der Waals surface area contributed by atoms with Gasteiger partial charge in [0.2, 0.25) is 0 Å². The normalized spacial score (nSPS) is 14.4. The van der Waals surface area contributed by atoms with Crippen LogP contribution in [0.4, 0.5) is 0 Å². The molecule has 0 aliphatic heterocycles. The van der Waals surface area contributed by atoms with Crippen molar-refractivity contribution in [1.82, 2.24) is 4.98 Å². The molecule has 0 radical (unpaired) electrons. The van der Waals surface area contributed by atoms with Crippen LogP contribution in [0.2, 0.25) is 0 Å². The van der Waals surface area contributed by atoms with Gasteiger partial charge in [-0.05, 0) is 105 Å². The monoisotopic (exact) mass is 509 g/mol. The summed E-state index contributed by atoms with van der Waals surface area (Å²) in [5.41, 5.74) is 8.91. The van der Waals surface area contributed by atoms with Gasteiger partial charge in [0.25, 0.3) is 0 Å². The predicted molar refractivity (Wildman–Crippen MR) is 152 cm³/mol. The number of aryl methyl sites for hydroxylation is 3. The van der Waals surface area contributed by atoms with Gasteiger partial charge < -0.3 is 5.11 Å². The first-order chi connectivity index (χ1) is 18.2. The fraction of sp³-hybridized carbons (Fsp3) is 0.412. The molecule has 1 N–H and O–H groups in total. The van der Waals surface area contributed by atoms with Crippen molar-refractivity contribution in [3.05, 3.63) is 88.2 Å². The Morgan fingerprint density at radius 2 is 1.47 bits per heavy atom. The molecule has 4 nitrogen and oxygen atoms in total. The predicted octanol–water partition coefficient (Wildman–Crippen LogP) is 7.24. The molecule has 1 aliphatic rings. The Bertz CT molecular complexity index is 1350. The molecule has 3 aromatic rings. The van der Waals surface area contributed by atoms with Gasteiger partial charge in [0.05, 0.1) is 0 Å². The number of hydrogen-bond donors (Lipinski definition) is 1. The number of hydrogen-bond acceptors (Lipinski definition) is 4. The lowest BCUT2D eigenvalue weighted by Gasteiger charge is -2.34. The molecule has 2 aromatic carbocycles. The third kappa shape index (κ3) is 6.48. The molecule has 0 saturated heterocycles. The van der Waals surface area contributed by atoms with E-state index in [0.717, 1.165) is 44.1 Å².